The van der Waals surface area contributed by atoms with E-state index in [-0.39, 0.29) is 5.84 Å². The van der Waals surface area contributed by atoms with Crippen molar-refractivity contribution in [2.45, 2.75) is 0 Å². The number of oxime groups is 1. The SMILES string of the molecule is CO/N=C(\C(=O)O)N1C=C(N)NS1. The van der Waals surface area contributed by atoms with E-state index in [2.05, 4.69) is 14.7 Å². The van der Waals surface area contributed by atoms with Gasteiger partial charge in [-0.15, -0.1) is 0 Å². The molecule has 0 amide bonds. The van der Waals surface area contributed by atoms with Gasteiger partial charge in [0.15, 0.2) is 0 Å². The summed E-state index contributed by atoms with van der Waals surface area (Å²) in [5, 5.41) is 12.0. The molecule has 13 heavy (non-hydrogen) atoms. The van der Waals surface area contributed by atoms with Gasteiger partial charge in [0.1, 0.15) is 12.9 Å². The number of amidine groups is 1. The van der Waals surface area contributed by atoms with Gasteiger partial charge in [-0.3, -0.25) is 4.72 Å². The minimum Gasteiger partial charge on any atom is -0.475 e. The van der Waals surface area contributed by atoms with Crippen molar-refractivity contribution >= 4 is 23.9 Å². The zero-order valence-electron chi connectivity index (χ0n) is 6.72. The predicted octanol–water partition coefficient (Wildman–Crippen LogP) is -0.743. The fourth-order valence-corrected chi connectivity index (χ4v) is 1.27. The Morgan fingerprint density at radius 3 is 3.00 bits per heavy atom. The van der Waals surface area contributed by atoms with Crippen LogP contribution in [0.5, 0.6) is 0 Å². The van der Waals surface area contributed by atoms with E-state index in [1.807, 2.05) is 0 Å². The first-order chi connectivity index (χ1) is 6.15. The Morgan fingerprint density at radius 1 is 1.92 bits per heavy atom. The molecule has 0 bridgehead atoms. The van der Waals surface area contributed by atoms with Crippen molar-refractivity contribution in [3.05, 3.63) is 12.0 Å². The summed E-state index contributed by atoms with van der Waals surface area (Å²) in [5.74, 6) is -1.09. The zero-order valence-corrected chi connectivity index (χ0v) is 7.54. The summed E-state index contributed by atoms with van der Waals surface area (Å²) in [4.78, 5) is 15.0. The van der Waals surface area contributed by atoms with E-state index in [1.54, 1.807) is 0 Å². The Hall–Kier alpha value is -1.57. The lowest BCUT2D eigenvalue weighted by atomic mass is 10.6. The molecule has 7 nitrogen and oxygen atoms in total. The first-order valence-corrected chi connectivity index (χ1v) is 3.96. The first-order valence-electron chi connectivity index (χ1n) is 3.19. The molecular formula is C5H8N4O3S. The molecule has 0 radical (unpaired) electrons. The normalized spacial score (nSPS) is 16.5. The minimum absolute atomic E-state index is 0.250. The molecule has 1 heterocycles. The molecule has 0 aliphatic carbocycles. The molecule has 0 aromatic heterocycles. The molecule has 1 aliphatic rings. The smallest absolute Gasteiger partial charge is 0.376 e. The topological polar surface area (TPSA) is 100 Å². The van der Waals surface area contributed by atoms with Gasteiger partial charge in [0.05, 0.1) is 18.3 Å². The summed E-state index contributed by atoms with van der Waals surface area (Å²) in [6.45, 7) is 0. The van der Waals surface area contributed by atoms with Crippen molar-refractivity contribution < 1.29 is 14.7 Å². The highest BCUT2D eigenvalue weighted by atomic mass is 32.2. The number of nitrogens with zero attached hydrogens (tertiary/aromatic N) is 2. The summed E-state index contributed by atoms with van der Waals surface area (Å²) in [6, 6.07) is 0. The van der Waals surface area contributed by atoms with Crippen molar-refractivity contribution in [1.29, 1.82) is 0 Å². The molecule has 8 heteroatoms. The average molecular weight is 204 g/mol. The monoisotopic (exact) mass is 204 g/mol. The minimum atomic E-state index is -1.19. The van der Waals surface area contributed by atoms with E-state index in [4.69, 9.17) is 10.8 Å². The maximum Gasteiger partial charge on any atom is 0.376 e. The number of aliphatic carboxylic acids is 1. The second-order valence-electron chi connectivity index (χ2n) is 2.01. The number of carbonyl (C=O) groups is 1. The molecule has 1 aliphatic heterocycles. The Morgan fingerprint density at radius 2 is 2.62 bits per heavy atom. The van der Waals surface area contributed by atoms with E-state index in [9.17, 15) is 4.79 Å². The summed E-state index contributed by atoms with van der Waals surface area (Å²) in [6.07, 6.45) is 1.40. The maximum atomic E-state index is 10.6. The van der Waals surface area contributed by atoms with Crippen molar-refractivity contribution in [2.75, 3.05) is 7.11 Å². The van der Waals surface area contributed by atoms with Crippen LogP contribution in [0.15, 0.2) is 17.2 Å². The van der Waals surface area contributed by atoms with Gasteiger partial charge in [-0.1, -0.05) is 5.16 Å². The summed E-state index contributed by atoms with van der Waals surface area (Å²) in [7, 11) is 1.27. The lowest BCUT2D eigenvalue weighted by Crippen LogP contribution is -2.26. The van der Waals surface area contributed by atoms with E-state index < -0.39 is 5.97 Å². The Bertz CT molecular complexity index is 277. The van der Waals surface area contributed by atoms with E-state index in [1.165, 1.54) is 17.6 Å². The van der Waals surface area contributed by atoms with Crippen molar-refractivity contribution in [3.8, 4) is 0 Å². The largest absolute Gasteiger partial charge is 0.475 e. The number of carboxylic acid groups (broad SMARTS) is 1. The van der Waals surface area contributed by atoms with Crippen molar-refractivity contribution in [3.63, 3.8) is 0 Å². The molecule has 0 aromatic rings. The van der Waals surface area contributed by atoms with Crippen LogP contribution in [-0.2, 0) is 9.63 Å². The number of nitrogens with one attached hydrogen (secondary N) is 1. The zero-order chi connectivity index (χ0) is 9.84. The average Bonchev–Trinajstić information content (AvgIpc) is 2.46. The summed E-state index contributed by atoms with van der Waals surface area (Å²) < 4.78 is 3.90. The molecule has 0 spiro atoms. The highest BCUT2D eigenvalue weighted by molar-refractivity contribution is 7.96. The molecule has 4 N–H and O–H groups in total. The van der Waals surface area contributed by atoms with Gasteiger partial charge in [-0.25, -0.2) is 9.10 Å². The van der Waals surface area contributed by atoms with Gasteiger partial charge in [0.25, 0.3) is 5.84 Å². The first kappa shape index (κ1) is 9.52. The van der Waals surface area contributed by atoms with Crippen LogP contribution >= 0.6 is 12.1 Å². The Balaban J connectivity index is 2.78. The molecule has 72 valence electrons. The highest BCUT2D eigenvalue weighted by Gasteiger charge is 2.23. The third-order valence-electron chi connectivity index (χ3n) is 1.10. The third-order valence-corrected chi connectivity index (χ3v) is 1.90. The second-order valence-corrected chi connectivity index (χ2v) is 2.79. The maximum absolute atomic E-state index is 10.6. The number of hydrogen-bond donors (Lipinski definition) is 3. The Kier molecular flexibility index (Phi) is 2.85. The molecule has 0 saturated carbocycles. The molecule has 0 fully saturated rings. The summed E-state index contributed by atoms with van der Waals surface area (Å²) >= 11 is 1.00. The van der Waals surface area contributed by atoms with Crippen LogP contribution in [0.25, 0.3) is 0 Å². The van der Waals surface area contributed by atoms with Crippen LogP contribution in [0.3, 0.4) is 0 Å². The lowest BCUT2D eigenvalue weighted by molar-refractivity contribution is -0.130. The molecular weight excluding hydrogens is 196 g/mol. The van der Waals surface area contributed by atoms with Gasteiger partial charge in [-0.05, 0) is 0 Å². The van der Waals surface area contributed by atoms with Gasteiger partial charge >= 0.3 is 5.97 Å². The van der Waals surface area contributed by atoms with E-state index >= 15 is 0 Å². The van der Waals surface area contributed by atoms with Crippen LogP contribution in [0, 0.1) is 0 Å². The van der Waals surface area contributed by atoms with Crippen LogP contribution in [0.2, 0.25) is 0 Å². The molecule has 0 saturated heterocycles. The van der Waals surface area contributed by atoms with Gasteiger partial charge < -0.3 is 15.7 Å². The van der Waals surface area contributed by atoms with Crippen LogP contribution in [0.1, 0.15) is 0 Å². The van der Waals surface area contributed by atoms with Crippen molar-refractivity contribution in [2.24, 2.45) is 10.9 Å². The number of rotatable bonds is 1. The van der Waals surface area contributed by atoms with Gasteiger partial charge in [0.2, 0.25) is 0 Å². The predicted molar refractivity (Wildman–Crippen MR) is 46.9 cm³/mol. The van der Waals surface area contributed by atoms with E-state index in [0.717, 1.165) is 12.1 Å². The Labute approximate surface area is 78.5 Å². The fraction of sp³-hybridized carbons (Fsp3) is 0.200. The molecule has 0 aromatic carbocycles. The van der Waals surface area contributed by atoms with Gasteiger partial charge in [-0.2, -0.15) is 0 Å². The molecule has 0 atom stereocenters. The summed E-state index contributed by atoms with van der Waals surface area (Å²) in [5.41, 5.74) is 5.36. The number of hydrogen-bond acceptors (Lipinski definition) is 6. The standard InChI is InChI=1S/C5H8N4O3S/c1-12-7-4(5(10)11)9-2-3(6)8-13-9/h2,8H,6H2,1H3,(H,10,11)/b7-4+. The van der Waals surface area contributed by atoms with Gasteiger partial charge in [0, 0.05) is 0 Å². The van der Waals surface area contributed by atoms with Crippen LogP contribution in [0.4, 0.5) is 0 Å². The number of nitrogens with two attached hydrogens (primary N) is 1. The lowest BCUT2D eigenvalue weighted by Gasteiger charge is -2.09. The molecule has 0 unspecified atom stereocenters. The van der Waals surface area contributed by atoms with Crippen LogP contribution < -0.4 is 10.5 Å². The van der Waals surface area contributed by atoms with E-state index in [0.29, 0.717) is 5.82 Å². The highest BCUT2D eigenvalue weighted by Crippen LogP contribution is 2.16. The van der Waals surface area contributed by atoms with Crippen LogP contribution in [-0.4, -0.2) is 28.3 Å². The number of carboxylic acids is 1. The third kappa shape index (κ3) is 2.18. The quantitative estimate of drug-likeness (QED) is 0.224. The second kappa shape index (κ2) is 3.90. The fourth-order valence-electron chi connectivity index (χ4n) is 0.645. The molecule has 1 rings (SSSR count). The van der Waals surface area contributed by atoms with Crippen molar-refractivity contribution in [1.82, 2.24) is 9.03 Å².